The number of aliphatic hydroxyl groups is 4. The minimum absolute atomic E-state index is 0.0122. The maximum Gasteiger partial charge on any atom is 0.114 e. The Labute approximate surface area is 383 Å². The second-order valence-corrected chi connectivity index (χ2v) is 17.3. The third kappa shape index (κ3) is 30.1. The molecule has 0 spiro atoms. The van der Waals surface area contributed by atoms with Crippen LogP contribution in [0.3, 0.4) is 0 Å². The summed E-state index contributed by atoms with van der Waals surface area (Å²) in [5, 5.41) is 43.1. The summed E-state index contributed by atoms with van der Waals surface area (Å²) < 4.78 is 26.9. The average molecular weight is 895 g/mol. The predicted octanol–water partition coefficient (Wildman–Crippen LogP) is 9.91. The van der Waals surface area contributed by atoms with Crippen molar-refractivity contribution in [2.24, 2.45) is 57.5 Å². The van der Waals surface area contributed by atoms with Gasteiger partial charge in [0.2, 0.25) is 0 Å². The molecular formula is C50H106N2O10. The standard InChI is InChI=1S/C13H28O3.C13H28O2.C12H25NO3.C12H25NO2/c1-6-12(14)13(15-5)11(4)10(3)8-9-16-7-2;1-6-8-9-10(3)11(4)13(15-5)12(14)7-2;1-6-11(14)12(15-5)10(4)9(3)8-13-16-7-2;1-6-11(14)12(15-5)10(4)9(3)8-13-7-2/h10-14H,6-9H2,1-5H3;10-14H,6-9H2,1-5H3;8-12,14H,6-7H2,1-5H3;8-12,14H,6-7H2,1-5H3/b;;13-8+;. The molecule has 0 aliphatic rings. The molecular weight excluding hydrogens is 789 g/mol. The van der Waals surface area contributed by atoms with Crippen molar-refractivity contribution in [3.63, 3.8) is 0 Å². The molecule has 4 N–H and O–H groups in total. The molecule has 376 valence electrons. The highest BCUT2D eigenvalue weighted by Gasteiger charge is 2.30. The highest BCUT2D eigenvalue weighted by molar-refractivity contribution is 5.60. The van der Waals surface area contributed by atoms with Crippen LogP contribution in [0, 0.1) is 47.3 Å². The first-order valence-corrected chi connectivity index (χ1v) is 24.4. The van der Waals surface area contributed by atoms with Crippen LogP contribution in [0.25, 0.3) is 0 Å². The molecule has 0 aromatic carbocycles. The van der Waals surface area contributed by atoms with Crippen molar-refractivity contribution in [1.29, 1.82) is 0 Å². The molecule has 0 aliphatic heterocycles. The van der Waals surface area contributed by atoms with Crippen LogP contribution in [0.15, 0.2) is 10.1 Å². The fraction of sp³-hybridized carbons (Fsp3) is 0.960. The van der Waals surface area contributed by atoms with Crippen LogP contribution in [0.5, 0.6) is 0 Å². The molecule has 0 heterocycles. The number of hydrogen-bond donors (Lipinski definition) is 4. The maximum absolute atomic E-state index is 9.85. The maximum atomic E-state index is 9.85. The molecule has 0 bridgehead atoms. The number of aliphatic imine (C=N–C) groups is 1. The molecule has 16 atom stereocenters. The average Bonchev–Trinajstić information content (AvgIpc) is 3.28. The zero-order valence-corrected chi connectivity index (χ0v) is 44.0. The zero-order valence-electron chi connectivity index (χ0n) is 44.0. The van der Waals surface area contributed by atoms with Crippen molar-refractivity contribution < 1.29 is 48.9 Å². The van der Waals surface area contributed by atoms with Crippen LogP contribution in [0.1, 0.15) is 162 Å². The quantitative estimate of drug-likeness (QED) is 0.0291. The molecule has 0 saturated heterocycles. The van der Waals surface area contributed by atoms with E-state index in [2.05, 4.69) is 65.5 Å². The van der Waals surface area contributed by atoms with Crippen molar-refractivity contribution in [1.82, 2.24) is 0 Å². The monoisotopic (exact) mass is 895 g/mol. The first-order chi connectivity index (χ1) is 29.3. The minimum atomic E-state index is -0.428. The first kappa shape index (κ1) is 67.4. The lowest BCUT2D eigenvalue weighted by molar-refractivity contribution is -0.0576. The number of unbranched alkanes of at least 4 members (excludes halogenated alkanes) is 1. The molecule has 0 amide bonds. The normalized spacial score (nSPS) is 19.5. The van der Waals surface area contributed by atoms with Gasteiger partial charge in [0.05, 0.1) is 48.8 Å². The highest BCUT2D eigenvalue weighted by atomic mass is 16.6. The largest absolute Gasteiger partial charge is 0.396 e. The highest BCUT2D eigenvalue weighted by Crippen LogP contribution is 2.26. The molecule has 12 nitrogen and oxygen atoms in total. The molecule has 0 aliphatic carbocycles. The van der Waals surface area contributed by atoms with E-state index in [1.165, 1.54) is 19.3 Å². The smallest absolute Gasteiger partial charge is 0.114 e. The molecule has 62 heavy (non-hydrogen) atoms. The fourth-order valence-corrected chi connectivity index (χ4v) is 7.29. The lowest BCUT2D eigenvalue weighted by atomic mass is 9.84. The molecule has 16 unspecified atom stereocenters. The van der Waals surface area contributed by atoms with Crippen LogP contribution >= 0.6 is 0 Å². The first-order valence-electron chi connectivity index (χ1n) is 24.4. The number of aliphatic hydroxyl groups excluding tert-OH is 4. The van der Waals surface area contributed by atoms with Gasteiger partial charge in [-0.15, -0.1) is 0 Å². The number of oxime groups is 1. The summed E-state index contributed by atoms with van der Waals surface area (Å²) in [6.07, 6.45) is 9.55. The number of ether oxygens (including phenoxy) is 5. The Morgan fingerprint density at radius 1 is 0.468 bits per heavy atom. The Morgan fingerprint density at radius 2 is 0.823 bits per heavy atom. The van der Waals surface area contributed by atoms with Crippen molar-refractivity contribution in [2.75, 3.05) is 54.8 Å². The topological polar surface area (TPSA) is 161 Å². The molecule has 12 heteroatoms. The van der Waals surface area contributed by atoms with E-state index >= 15 is 0 Å². The Hall–Kier alpha value is -1.22. The summed E-state index contributed by atoms with van der Waals surface area (Å²) in [4.78, 5) is 9.15. The molecule has 0 fully saturated rings. The second-order valence-electron chi connectivity index (χ2n) is 17.3. The van der Waals surface area contributed by atoms with Gasteiger partial charge in [0.15, 0.2) is 0 Å². The van der Waals surface area contributed by atoms with Crippen LogP contribution in [-0.2, 0) is 28.5 Å². The van der Waals surface area contributed by atoms with E-state index < -0.39 is 6.10 Å². The van der Waals surface area contributed by atoms with E-state index in [1.807, 2.05) is 61.6 Å². The van der Waals surface area contributed by atoms with E-state index in [-0.39, 0.29) is 60.5 Å². The van der Waals surface area contributed by atoms with Gasteiger partial charge in [0, 0.05) is 60.6 Å². The molecule has 0 aromatic rings. The number of hydrogen-bond acceptors (Lipinski definition) is 12. The van der Waals surface area contributed by atoms with Gasteiger partial charge in [-0.2, -0.15) is 0 Å². The SMILES string of the molecule is CCCCC(C)C(C)C(OC)C(O)CC.CCN=CC(C)C(C)C(OC)C(O)CC.CCO/N=C/C(C)C(C)C(OC)C(O)CC.CCOCCC(C)C(C)C(OC)C(O)CC. The van der Waals surface area contributed by atoms with Gasteiger partial charge < -0.3 is 48.9 Å². The molecule has 0 rings (SSSR count). The third-order valence-electron chi connectivity index (χ3n) is 12.8. The van der Waals surface area contributed by atoms with Gasteiger partial charge in [-0.3, -0.25) is 4.99 Å². The van der Waals surface area contributed by atoms with Gasteiger partial charge in [0.1, 0.15) is 6.61 Å². The molecule has 0 saturated carbocycles. The van der Waals surface area contributed by atoms with Gasteiger partial charge in [0.25, 0.3) is 0 Å². The van der Waals surface area contributed by atoms with E-state index in [0.29, 0.717) is 42.6 Å². The van der Waals surface area contributed by atoms with Crippen molar-refractivity contribution in [3.05, 3.63) is 0 Å². The summed E-state index contributed by atoms with van der Waals surface area (Å²) in [6, 6.07) is 0. The second kappa shape index (κ2) is 43.7. The van der Waals surface area contributed by atoms with Crippen molar-refractivity contribution in [2.45, 2.75) is 211 Å². The molecule has 0 radical (unpaired) electrons. The van der Waals surface area contributed by atoms with Crippen LogP contribution in [0.4, 0.5) is 0 Å². The summed E-state index contributed by atoms with van der Waals surface area (Å²) in [5.41, 5.74) is 0. The molecule has 0 aromatic heterocycles. The minimum Gasteiger partial charge on any atom is -0.396 e. The van der Waals surface area contributed by atoms with E-state index in [1.54, 1.807) is 34.7 Å². The third-order valence-corrected chi connectivity index (χ3v) is 12.8. The van der Waals surface area contributed by atoms with E-state index in [0.717, 1.165) is 45.4 Å². The summed E-state index contributed by atoms with van der Waals surface area (Å²) in [5.74, 6) is 2.91. The van der Waals surface area contributed by atoms with Gasteiger partial charge in [-0.25, -0.2) is 0 Å². The van der Waals surface area contributed by atoms with Crippen molar-refractivity contribution >= 4 is 12.4 Å². The van der Waals surface area contributed by atoms with Gasteiger partial charge >= 0.3 is 0 Å². The predicted molar refractivity (Wildman–Crippen MR) is 261 cm³/mol. The van der Waals surface area contributed by atoms with Crippen molar-refractivity contribution in [3.8, 4) is 0 Å². The summed E-state index contributed by atoms with van der Waals surface area (Å²) in [6.45, 7) is 36.1. The number of nitrogens with zero attached hydrogens (tertiary/aromatic N) is 2. The van der Waals surface area contributed by atoms with E-state index in [9.17, 15) is 20.4 Å². The lowest BCUT2D eigenvalue weighted by Crippen LogP contribution is -2.37. The Morgan fingerprint density at radius 3 is 1.13 bits per heavy atom. The van der Waals surface area contributed by atoms with Crippen LogP contribution in [-0.4, -0.2) is 136 Å². The van der Waals surface area contributed by atoms with Crippen LogP contribution in [0.2, 0.25) is 0 Å². The number of methoxy groups -OCH3 is 4. The Balaban J connectivity index is -0.000000362. The van der Waals surface area contributed by atoms with Gasteiger partial charge in [-0.05, 0) is 100 Å². The fourth-order valence-electron chi connectivity index (χ4n) is 7.29. The summed E-state index contributed by atoms with van der Waals surface area (Å²) >= 11 is 0. The Kier molecular flexibility index (Phi) is 47.4. The Bertz CT molecular complexity index is 993. The zero-order chi connectivity index (χ0) is 48.8. The number of rotatable bonds is 32. The van der Waals surface area contributed by atoms with Gasteiger partial charge in [-0.1, -0.05) is 114 Å². The van der Waals surface area contributed by atoms with E-state index in [4.69, 9.17) is 28.5 Å². The lowest BCUT2D eigenvalue weighted by Gasteiger charge is -2.31. The summed E-state index contributed by atoms with van der Waals surface area (Å²) in [7, 11) is 6.66. The van der Waals surface area contributed by atoms with Crippen LogP contribution < -0.4 is 0 Å².